The average Bonchev–Trinajstić information content (AvgIpc) is 2.64. The van der Waals surface area contributed by atoms with Gasteiger partial charge in [0.25, 0.3) is 0 Å². The first-order chi connectivity index (χ1) is 12.6. The van der Waals surface area contributed by atoms with Gasteiger partial charge in [0.1, 0.15) is 5.82 Å². The lowest BCUT2D eigenvalue weighted by atomic mass is 10.1. The van der Waals surface area contributed by atoms with Crippen molar-refractivity contribution in [3.8, 4) is 0 Å². The van der Waals surface area contributed by atoms with Gasteiger partial charge in [-0.25, -0.2) is 4.39 Å². The number of hydrogen-bond donors (Lipinski definition) is 1. The van der Waals surface area contributed by atoms with E-state index in [2.05, 4.69) is 34.2 Å². The fourth-order valence-corrected chi connectivity index (χ4v) is 3.25. The van der Waals surface area contributed by atoms with E-state index >= 15 is 0 Å². The molecule has 26 heavy (non-hydrogen) atoms. The molecule has 1 aliphatic heterocycles. The van der Waals surface area contributed by atoms with Gasteiger partial charge < -0.3 is 10.2 Å². The van der Waals surface area contributed by atoms with E-state index in [0.717, 1.165) is 45.0 Å². The average molecular weight is 355 g/mol. The highest BCUT2D eigenvalue weighted by Gasteiger charge is 2.15. The van der Waals surface area contributed by atoms with E-state index in [1.54, 1.807) is 12.1 Å². The Morgan fingerprint density at radius 1 is 1.00 bits per heavy atom. The maximum Gasteiger partial charge on any atom is 0.228 e. The Balaban J connectivity index is 1.49. The third kappa shape index (κ3) is 5.38. The summed E-state index contributed by atoms with van der Waals surface area (Å²) in [6, 6.07) is 14.1. The van der Waals surface area contributed by atoms with Crippen molar-refractivity contribution in [2.45, 2.75) is 19.9 Å². The van der Waals surface area contributed by atoms with Crippen LogP contribution in [0.1, 0.15) is 18.1 Å². The first kappa shape index (κ1) is 18.5. The number of benzene rings is 2. The molecule has 1 amide bonds. The summed E-state index contributed by atoms with van der Waals surface area (Å²) in [6.45, 7) is 8.72. The molecule has 1 fully saturated rings. The van der Waals surface area contributed by atoms with Crippen LogP contribution in [0.5, 0.6) is 0 Å². The molecule has 138 valence electrons. The molecule has 0 bridgehead atoms. The number of halogens is 1. The first-order valence-corrected chi connectivity index (χ1v) is 9.20. The molecular weight excluding hydrogens is 329 g/mol. The zero-order valence-electron chi connectivity index (χ0n) is 15.2. The van der Waals surface area contributed by atoms with E-state index in [1.807, 2.05) is 12.1 Å². The number of nitrogens with one attached hydrogen (secondary N) is 1. The van der Waals surface area contributed by atoms with Gasteiger partial charge >= 0.3 is 0 Å². The third-order valence-electron chi connectivity index (χ3n) is 4.81. The van der Waals surface area contributed by atoms with Crippen molar-refractivity contribution >= 4 is 11.6 Å². The fraction of sp³-hybridized carbons (Fsp3) is 0.381. The predicted octanol–water partition coefficient (Wildman–Crippen LogP) is 3.14. The molecule has 3 rings (SSSR count). The highest BCUT2D eigenvalue weighted by Crippen LogP contribution is 2.14. The number of rotatable bonds is 6. The molecule has 2 aromatic rings. The number of amides is 1. The number of hydrogen-bond acceptors (Lipinski definition) is 3. The van der Waals surface area contributed by atoms with Crippen LogP contribution < -0.4 is 5.32 Å². The van der Waals surface area contributed by atoms with Crippen molar-refractivity contribution in [3.05, 3.63) is 65.5 Å². The Kier molecular flexibility index (Phi) is 6.36. The number of carbonyl (C=O) groups is 1. The van der Waals surface area contributed by atoms with Crippen molar-refractivity contribution in [2.24, 2.45) is 0 Å². The van der Waals surface area contributed by atoms with Gasteiger partial charge in [-0.15, -0.1) is 0 Å². The van der Waals surface area contributed by atoms with E-state index in [1.165, 1.54) is 17.7 Å². The SMILES string of the molecule is CCN1CCN(Cc2ccc(NC(=O)Cc3cccc(F)c3)cc2)CC1. The minimum atomic E-state index is -0.320. The number of nitrogens with zero attached hydrogens (tertiary/aromatic N) is 2. The molecule has 0 spiro atoms. The second kappa shape index (κ2) is 8.92. The van der Waals surface area contributed by atoms with Gasteiger partial charge in [-0.1, -0.05) is 31.2 Å². The van der Waals surface area contributed by atoms with Crippen molar-refractivity contribution in [1.29, 1.82) is 0 Å². The summed E-state index contributed by atoms with van der Waals surface area (Å²) in [6.07, 6.45) is 0.168. The van der Waals surface area contributed by atoms with E-state index in [9.17, 15) is 9.18 Å². The molecule has 0 unspecified atom stereocenters. The minimum absolute atomic E-state index is 0.140. The Bertz CT molecular complexity index is 724. The van der Waals surface area contributed by atoms with E-state index < -0.39 is 0 Å². The highest BCUT2D eigenvalue weighted by molar-refractivity contribution is 5.92. The lowest BCUT2D eigenvalue weighted by Crippen LogP contribution is -2.45. The van der Waals surface area contributed by atoms with Crippen LogP contribution in [0.25, 0.3) is 0 Å². The van der Waals surface area contributed by atoms with Crippen LogP contribution in [0.2, 0.25) is 0 Å². The van der Waals surface area contributed by atoms with Crippen LogP contribution in [-0.2, 0) is 17.8 Å². The third-order valence-corrected chi connectivity index (χ3v) is 4.81. The molecule has 1 heterocycles. The zero-order chi connectivity index (χ0) is 18.4. The summed E-state index contributed by atoms with van der Waals surface area (Å²) in [4.78, 5) is 17.0. The smallest absolute Gasteiger partial charge is 0.228 e. The highest BCUT2D eigenvalue weighted by atomic mass is 19.1. The van der Waals surface area contributed by atoms with Crippen molar-refractivity contribution in [3.63, 3.8) is 0 Å². The first-order valence-electron chi connectivity index (χ1n) is 9.20. The largest absolute Gasteiger partial charge is 0.326 e. The van der Waals surface area contributed by atoms with Gasteiger partial charge in [0.15, 0.2) is 0 Å². The van der Waals surface area contributed by atoms with Gasteiger partial charge in [-0.2, -0.15) is 0 Å². The lowest BCUT2D eigenvalue weighted by Gasteiger charge is -2.34. The van der Waals surface area contributed by atoms with Crippen LogP contribution >= 0.6 is 0 Å². The summed E-state index contributed by atoms with van der Waals surface area (Å²) in [5.41, 5.74) is 2.69. The number of carbonyl (C=O) groups excluding carboxylic acids is 1. The topological polar surface area (TPSA) is 35.6 Å². The maximum absolute atomic E-state index is 13.2. The van der Waals surface area contributed by atoms with Gasteiger partial charge in [0, 0.05) is 38.4 Å². The number of piperazine rings is 1. The molecule has 0 radical (unpaired) electrons. The summed E-state index contributed by atoms with van der Waals surface area (Å²) >= 11 is 0. The Labute approximate surface area is 154 Å². The van der Waals surface area contributed by atoms with Crippen LogP contribution in [0.3, 0.4) is 0 Å². The molecule has 0 atom stereocenters. The van der Waals surface area contributed by atoms with Crippen LogP contribution in [0, 0.1) is 5.82 Å². The van der Waals surface area contributed by atoms with Crippen molar-refractivity contribution < 1.29 is 9.18 Å². The second-order valence-corrected chi connectivity index (χ2v) is 6.76. The molecule has 4 nitrogen and oxygen atoms in total. The monoisotopic (exact) mass is 355 g/mol. The van der Waals surface area contributed by atoms with Gasteiger partial charge in [-0.05, 0) is 41.9 Å². The lowest BCUT2D eigenvalue weighted by molar-refractivity contribution is -0.115. The van der Waals surface area contributed by atoms with E-state index in [4.69, 9.17) is 0 Å². The summed E-state index contributed by atoms with van der Waals surface area (Å²) in [5.74, 6) is -0.460. The van der Waals surface area contributed by atoms with Crippen molar-refractivity contribution in [1.82, 2.24) is 9.80 Å². The molecule has 5 heteroatoms. The number of likely N-dealkylation sites (N-methyl/N-ethyl adjacent to an activating group) is 1. The molecule has 1 N–H and O–H groups in total. The van der Waals surface area contributed by atoms with Gasteiger partial charge in [0.2, 0.25) is 5.91 Å². The molecule has 2 aromatic carbocycles. The Morgan fingerprint density at radius 3 is 2.35 bits per heavy atom. The molecular formula is C21H26FN3O. The molecule has 1 aliphatic rings. The summed E-state index contributed by atoms with van der Waals surface area (Å²) in [5, 5.41) is 2.87. The zero-order valence-corrected chi connectivity index (χ0v) is 15.2. The summed E-state index contributed by atoms with van der Waals surface area (Å²) < 4.78 is 13.2. The maximum atomic E-state index is 13.2. The fourth-order valence-electron chi connectivity index (χ4n) is 3.25. The van der Waals surface area contributed by atoms with Crippen LogP contribution in [-0.4, -0.2) is 48.4 Å². The minimum Gasteiger partial charge on any atom is -0.326 e. The normalized spacial score (nSPS) is 15.8. The predicted molar refractivity (Wildman–Crippen MR) is 103 cm³/mol. The summed E-state index contributed by atoms with van der Waals surface area (Å²) in [7, 11) is 0. The van der Waals surface area contributed by atoms with Crippen LogP contribution in [0.4, 0.5) is 10.1 Å². The molecule has 0 aromatic heterocycles. The van der Waals surface area contributed by atoms with Crippen molar-refractivity contribution in [2.75, 3.05) is 38.0 Å². The van der Waals surface area contributed by atoms with Gasteiger partial charge in [0.05, 0.1) is 6.42 Å². The van der Waals surface area contributed by atoms with Crippen LogP contribution in [0.15, 0.2) is 48.5 Å². The Hall–Kier alpha value is -2.24. The van der Waals surface area contributed by atoms with E-state index in [0.29, 0.717) is 5.56 Å². The standard InChI is InChI=1S/C21H26FN3O/c1-2-24-10-12-25(13-11-24)16-17-6-8-20(9-7-17)23-21(26)15-18-4-3-5-19(22)14-18/h3-9,14H,2,10-13,15-16H2,1H3,(H,23,26). The van der Waals surface area contributed by atoms with Gasteiger partial charge in [-0.3, -0.25) is 9.69 Å². The molecule has 1 saturated heterocycles. The molecule has 0 saturated carbocycles. The quantitative estimate of drug-likeness (QED) is 0.865. The van der Waals surface area contributed by atoms with E-state index in [-0.39, 0.29) is 18.1 Å². The number of anilines is 1. The molecule has 0 aliphatic carbocycles. The Morgan fingerprint density at radius 2 is 1.69 bits per heavy atom. The second-order valence-electron chi connectivity index (χ2n) is 6.76.